The summed E-state index contributed by atoms with van der Waals surface area (Å²) >= 11 is 0. The second-order valence-electron chi connectivity index (χ2n) is 6.28. The summed E-state index contributed by atoms with van der Waals surface area (Å²) in [6.07, 6.45) is 1.60. The number of carbonyl (C=O) groups excluding carboxylic acids is 1. The molecule has 4 nitrogen and oxygen atoms in total. The minimum atomic E-state index is -0.0259. The molecule has 2 heterocycles. The Morgan fingerprint density at radius 3 is 2.19 bits per heavy atom. The molecule has 1 fully saturated rings. The topological polar surface area (TPSA) is 42.4 Å². The van der Waals surface area contributed by atoms with Crippen molar-refractivity contribution in [2.75, 3.05) is 19.7 Å². The minimum Gasteiger partial charge on any atom is -0.494 e. The zero-order valence-electron chi connectivity index (χ0n) is 21.6. The van der Waals surface area contributed by atoms with Crippen molar-refractivity contribution in [2.45, 2.75) is 67.7 Å². The first kappa shape index (κ1) is 39.4. The first-order valence-corrected chi connectivity index (χ1v) is 10.9. The van der Waals surface area contributed by atoms with Crippen LogP contribution in [0.15, 0.2) is 36.5 Å². The molecule has 1 aromatic heterocycles. The normalized spacial score (nSPS) is 12.0. The van der Waals surface area contributed by atoms with E-state index in [1.807, 2.05) is 59.4 Å². The number of carbonyl (C=O) groups is 1. The van der Waals surface area contributed by atoms with Crippen molar-refractivity contribution in [1.29, 1.82) is 0 Å². The van der Waals surface area contributed by atoms with Crippen LogP contribution in [0.4, 0.5) is 0 Å². The number of amides is 1. The number of likely N-dealkylation sites (tertiary alicyclic amines) is 1. The Kier molecular flexibility index (Phi) is 26.8. The maximum absolute atomic E-state index is 12.4. The molecule has 1 amide bonds. The molecule has 0 spiro atoms. The largest absolute Gasteiger partial charge is 2.00 e. The van der Waals surface area contributed by atoms with Gasteiger partial charge in [0.25, 0.3) is 0 Å². The van der Waals surface area contributed by atoms with Gasteiger partial charge in [0.2, 0.25) is 5.91 Å². The zero-order chi connectivity index (χ0) is 22.4. The number of pyridine rings is 1. The van der Waals surface area contributed by atoms with E-state index in [9.17, 15) is 4.79 Å². The molecule has 0 atom stereocenters. The van der Waals surface area contributed by atoms with Crippen molar-refractivity contribution < 1.29 is 89.0 Å². The number of benzene rings is 1. The third-order valence-electron chi connectivity index (χ3n) is 4.36. The fraction of sp³-hybridized carbons (Fsp3) is 0.500. The number of aryl methyl sites for hydroxylation is 1. The number of nitrogens with zero attached hydrogens (tertiary/aromatic N) is 2. The molecule has 1 aliphatic rings. The van der Waals surface area contributed by atoms with E-state index in [0.29, 0.717) is 25.4 Å². The van der Waals surface area contributed by atoms with Crippen LogP contribution in [0, 0.1) is 98.5 Å². The molecular weight excluding hydrogens is 783 g/mol. The van der Waals surface area contributed by atoms with E-state index >= 15 is 0 Å². The molecule has 6 heteroatoms. The summed E-state index contributed by atoms with van der Waals surface area (Å²) in [7, 11) is 0. The van der Waals surface area contributed by atoms with Gasteiger partial charge in [-0.1, -0.05) is 66.8 Å². The van der Waals surface area contributed by atoms with Crippen LogP contribution in [0.2, 0.25) is 0 Å². The Morgan fingerprint density at radius 2 is 1.75 bits per heavy atom. The molecule has 0 aliphatic carbocycles. The molecular formula is C26H44N2O2UYb. The Labute approximate surface area is 261 Å². The Balaban J connectivity index is -0.000000242. The minimum absolute atomic E-state index is 0. The summed E-state index contributed by atoms with van der Waals surface area (Å²) in [5.41, 5.74) is 2.83. The molecule has 0 N–H and O–H groups in total. The predicted molar refractivity (Wildman–Crippen MR) is 131 cm³/mol. The number of ether oxygens (including phenoxy) is 1. The molecule has 1 aromatic carbocycles. The van der Waals surface area contributed by atoms with Crippen LogP contribution in [0.3, 0.4) is 0 Å². The van der Waals surface area contributed by atoms with Gasteiger partial charge in [-0.15, -0.1) is 6.07 Å². The fourth-order valence-electron chi connectivity index (χ4n) is 3.07. The summed E-state index contributed by atoms with van der Waals surface area (Å²) in [6.45, 7) is 20.3. The first-order valence-electron chi connectivity index (χ1n) is 10.9. The molecule has 188 valence electrons. The molecule has 32 heavy (non-hydrogen) atoms. The average molecular weight is 830 g/mol. The van der Waals surface area contributed by atoms with Gasteiger partial charge in [-0.3, -0.25) is 4.79 Å². The summed E-state index contributed by atoms with van der Waals surface area (Å²) in [5.74, 6) is 0.901. The number of hydrogen-bond donors (Lipinski definition) is 0. The van der Waals surface area contributed by atoms with E-state index in [4.69, 9.17) is 4.74 Å². The van der Waals surface area contributed by atoms with Crippen LogP contribution in [0.1, 0.15) is 78.4 Å². The fourth-order valence-corrected chi connectivity index (χ4v) is 3.07. The van der Waals surface area contributed by atoms with Crippen molar-refractivity contribution in [1.82, 2.24) is 9.88 Å². The van der Waals surface area contributed by atoms with Crippen molar-refractivity contribution in [3.63, 3.8) is 0 Å². The number of rotatable bonds is 4. The molecule has 0 unspecified atom stereocenters. The Bertz CT molecular complexity index is 727. The SMILES string of the molecule is CC.CC.CC.CCOc1ccc(C2(C)CN(C(=O)c3c[c-]ccn3)C2)cc1C.[3HH].[CH3-].[U].[Yb+2]. The Morgan fingerprint density at radius 1 is 1.19 bits per heavy atom. The van der Waals surface area contributed by atoms with Crippen LogP contribution in [-0.2, 0) is 5.41 Å². The van der Waals surface area contributed by atoms with Crippen molar-refractivity contribution in [3.8, 4) is 5.75 Å². The van der Waals surface area contributed by atoms with Gasteiger partial charge in [-0.05, 0) is 31.0 Å². The van der Waals surface area contributed by atoms with Crippen LogP contribution in [0.5, 0.6) is 5.75 Å². The van der Waals surface area contributed by atoms with E-state index in [1.54, 1.807) is 18.3 Å². The summed E-state index contributed by atoms with van der Waals surface area (Å²) < 4.78 is 5.60. The second kappa shape index (κ2) is 21.7. The van der Waals surface area contributed by atoms with E-state index in [0.717, 1.165) is 11.3 Å². The van der Waals surface area contributed by atoms with Gasteiger partial charge >= 0.3 is 46.9 Å². The van der Waals surface area contributed by atoms with Gasteiger partial charge in [0.05, 0.1) is 6.61 Å². The van der Waals surface area contributed by atoms with Crippen molar-refractivity contribution in [2.24, 2.45) is 0 Å². The molecule has 0 bridgehead atoms. The molecule has 0 radical (unpaired) electrons. The monoisotopic (exact) mass is 830 g/mol. The molecule has 1 saturated heterocycles. The summed E-state index contributed by atoms with van der Waals surface area (Å²) in [6, 6.07) is 12.5. The first-order chi connectivity index (χ1) is 14.0. The quantitative estimate of drug-likeness (QED) is 0.320. The van der Waals surface area contributed by atoms with E-state index < -0.39 is 0 Å². The van der Waals surface area contributed by atoms with Gasteiger partial charge in [0.15, 0.2) is 0 Å². The number of aromatic nitrogens is 1. The smallest absolute Gasteiger partial charge is 0.494 e. The molecule has 0 saturated carbocycles. The van der Waals surface area contributed by atoms with E-state index in [2.05, 4.69) is 37.0 Å². The van der Waals surface area contributed by atoms with Gasteiger partial charge < -0.3 is 22.0 Å². The van der Waals surface area contributed by atoms with Crippen LogP contribution < -0.4 is 4.74 Å². The van der Waals surface area contributed by atoms with E-state index in [-0.39, 0.29) is 98.2 Å². The molecule has 2 aromatic rings. The third-order valence-corrected chi connectivity index (χ3v) is 4.36. The Hall–Kier alpha value is 0.211. The van der Waals surface area contributed by atoms with Gasteiger partial charge in [-0.2, -0.15) is 12.1 Å². The van der Waals surface area contributed by atoms with Crippen molar-refractivity contribution in [3.05, 3.63) is 66.8 Å². The van der Waals surface area contributed by atoms with Crippen LogP contribution in [0.25, 0.3) is 0 Å². The molecule has 1 aliphatic heterocycles. The average Bonchev–Trinajstić information content (AvgIpc) is 2.77. The standard InChI is InChI=1S/C19H21N2O2.3C2H6.CH3.U.Yb.H2/c1-4-23-17-9-8-15(11-14(17)2)19(3)12-21(13-19)18(22)16-7-5-6-10-20-16;3*1-2;;;;/h6-11H,4,12-13H2,1-3H3;3*1-2H3;1H3;;;1H/q-1;;;;-1;;+2;/i;;;;;;;1+2. The third kappa shape index (κ3) is 11.1. The summed E-state index contributed by atoms with van der Waals surface area (Å²) in [5, 5.41) is 0. The maximum atomic E-state index is 12.4. The summed E-state index contributed by atoms with van der Waals surface area (Å²) in [4.78, 5) is 18.3. The van der Waals surface area contributed by atoms with Crippen LogP contribution in [-0.4, -0.2) is 35.5 Å². The number of hydrogen-bond acceptors (Lipinski definition) is 3. The van der Waals surface area contributed by atoms with Crippen molar-refractivity contribution >= 4 is 5.91 Å². The van der Waals surface area contributed by atoms with Crippen LogP contribution >= 0.6 is 0 Å². The maximum Gasteiger partial charge on any atom is 2.00 e. The van der Waals surface area contributed by atoms with Gasteiger partial charge in [0.1, 0.15) is 5.75 Å². The second-order valence-corrected chi connectivity index (χ2v) is 6.28. The van der Waals surface area contributed by atoms with E-state index in [1.165, 1.54) is 5.56 Å². The van der Waals surface area contributed by atoms with Gasteiger partial charge in [-0.25, -0.2) is 0 Å². The molecule has 3 rings (SSSR count). The van der Waals surface area contributed by atoms with Gasteiger partial charge in [0, 0.05) is 56.7 Å². The zero-order valence-corrected chi connectivity index (χ0v) is 27.4. The predicted octanol–water partition coefficient (Wildman–Crippen LogP) is 6.78.